The van der Waals surface area contributed by atoms with Gasteiger partial charge in [-0.1, -0.05) is 42.5 Å². The molecule has 1 aliphatic heterocycles. The predicted octanol–water partition coefficient (Wildman–Crippen LogP) is 6.12. The largest absolute Gasteiger partial charge is 0.493 e. The molecular formula is C25H25F3N2O4S2. The van der Waals surface area contributed by atoms with Gasteiger partial charge in [0.2, 0.25) is 5.91 Å². The lowest BCUT2D eigenvalue weighted by atomic mass is 10.1. The Morgan fingerprint density at radius 3 is 2.53 bits per heavy atom. The van der Waals surface area contributed by atoms with E-state index in [1.807, 2.05) is 6.07 Å². The second kappa shape index (κ2) is 12.3. The maximum Gasteiger partial charge on any atom is 0.416 e. The van der Waals surface area contributed by atoms with Crippen LogP contribution < -0.4 is 14.8 Å². The molecule has 0 spiro atoms. The van der Waals surface area contributed by atoms with Gasteiger partial charge in [0.05, 0.1) is 24.7 Å². The van der Waals surface area contributed by atoms with Crippen LogP contribution >= 0.6 is 24.0 Å². The van der Waals surface area contributed by atoms with Gasteiger partial charge in [0.25, 0.3) is 5.91 Å². The summed E-state index contributed by atoms with van der Waals surface area (Å²) >= 11 is 6.59. The highest BCUT2D eigenvalue weighted by atomic mass is 32.2. The zero-order chi connectivity index (χ0) is 26.3. The highest BCUT2D eigenvalue weighted by molar-refractivity contribution is 8.26. The van der Waals surface area contributed by atoms with Crippen molar-refractivity contribution in [1.29, 1.82) is 0 Å². The van der Waals surface area contributed by atoms with E-state index < -0.39 is 11.7 Å². The molecule has 0 aromatic heterocycles. The second-order valence-electron chi connectivity index (χ2n) is 7.89. The van der Waals surface area contributed by atoms with Crippen molar-refractivity contribution in [3.63, 3.8) is 0 Å². The number of amides is 2. The molecule has 1 fully saturated rings. The van der Waals surface area contributed by atoms with Crippen LogP contribution in [-0.4, -0.2) is 41.8 Å². The number of carbonyl (C=O) groups excluding carboxylic acids is 2. The third kappa shape index (κ3) is 7.23. The summed E-state index contributed by atoms with van der Waals surface area (Å²) in [6.45, 7) is 0.420. The normalized spacial score (nSPS) is 14.9. The Balaban J connectivity index is 1.46. The van der Waals surface area contributed by atoms with E-state index in [0.717, 1.165) is 17.7 Å². The molecule has 6 nitrogen and oxygen atoms in total. The number of halogens is 3. The van der Waals surface area contributed by atoms with Crippen molar-refractivity contribution in [2.75, 3.05) is 26.1 Å². The first kappa shape index (κ1) is 27.5. The summed E-state index contributed by atoms with van der Waals surface area (Å²) < 4.78 is 49.4. The number of hydrogen-bond donors (Lipinski definition) is 1. The van der Waals surface area contributed by atoms with Gasteiger partial charge in [-0.15, -0.1) is 0 Å². The molecule has 11 heteroatoms. The predicted molar refractivity (Wildman–Crippen MR) is 138 cm³/mol. The standard InChI is InChI=1S/C25H25F3N2O4S2/c1-33-19-11-10-16(13-20(19)34-2)14-21-23(32)30(24(35)36-21)12-5-3-4-9-22(31)29-18-8-6-7-17(15-18)25(26,27)28/h6-8,10-11,13-15H,3-5,9,12H2,1-2H3,(H,29,31). The number of nitrogens with one attached hydrogen (secondary N) is 1. The number of unbranched alkanes of at least 4 members (excludes halogenated alkanes) is 2. The molecule has 0 radical (unpaired) electrons. The van der Waals surface area contributed by atoms with Gasteiger partial charge in [-0.3, -0.25) is 14.5 Å². The Kier molecular flexibility index (Phi) is 9.38. The maximum absolute atomic E-state index is 12.8. The summed E-state index contributed by atoms with van der Waals surface area (Å²) in [5.41, 5.74) is 0.0672. The molecule has 0 bridgehead atoms. The molecule has 2 amide bonds. The van der Waals surface area contributed by atoms with Gasteiger partial charge < -0.3 is 14.8 Å². The van der Waals surface area contributed by atoms with Crippen molar-refractivity contribution in [1.82, 2.24) is 4.90 Å². The van der Waals surface area contributed by atoms with Crippen LogP contribution in [0.1, 0.15) is 36.8 Å². The van der Waals surface area contributed by atoms with Crippen LogP contribution in [0.3, 0.4) is 0 Å². The molecule has 0 unspecified atom stereocenters. The summed E-state index contributed by atoms with van der Waals surface area (Å²) in [5, 5.41) is 2.49. The van der Waals surface area contributed by atoms with Gasteiger partial charge in [0, 0.05) is 18.7 Å². The Bertz CT molecular complexity index is 1170. The smallest absolute Gasteiger partial charge is 0.416 e. The first-order valence-corrected chi connectivity index (χ1v) is 12.3. The topological polar surface area (TPSA) is 67.9 Å². The van der Waals surface area contributed by atoms with E-state index in [0.29, 0.717) is 46.5 Å². The fraction of sp³-hybridized carbons (Fsp3) is 0.320. The van der Waals surface area contributed by atoms with Gasteiger partial charge in [-0.25, -0.2) is 0 Å². The van der Waals surface area contributed by atoms with Crippen LogP contribution in [0.15, 0.2) is 47.4 Å². The molecule has 1 saturated heterocycles. The van der Waals surface area contributed by atoms with Crippen LogP contribution in [0.5, 0.6) is 11.5 Å². The number of anilines is 1. The zero-order valence-electron chi connectivity index (χ0n) is 19.7. The molecule has 0 aliphatic carbocycles. The van der Waals surface area contributed by atoms with Crippen molar-refractivity contribution >= 4 is 51.9 Å². The van der Waals surface area contributed by atoms with Crippen LogP contribution in [0.2, 0.25) is 0 Å². The molecule has 2 aromatic rings. The third-order valence-electron chi connectivity index (χ3n) is 5.34. The number of alkyl halides is 3. The number of thiocarbonyl (C=S) groups is 1. The van der Waals surface area contributed by atoms with Crippen molar-refractivity contribution in [3.8, 4) is 11.5 Å². The van der Waals surface area contributed by atoms with Crippen molar-refractivity contribution < 1.29 is 32.2 Å². The second-order valence-corrected chi connectivity index (χ2v) is 9.56. The van der Waals surface area contributed by atoms with Crippen LogP contribution in [0.4, 0.5) is 18.9 Å². The third-order valence-corrected chi connectivity index (χ3v) is 6.72. The molecular weight excluding hydrogens is 513 g/mol. The van der Waals surface area contributed by atoms with Gasteiger partial charge in [0.1, 0.15) is 4.32 Å². The summed E-state index contributed by atoms with van der Waals surface area (Å²) in [6.07, 6.45) is -0.744. The van der Waals surface area contributed by atoms with E-state index >= 15 is 0 Å². The average Bonchev–Trinajstić information content (AvgIpc) is 3.10. The average molecular weight is 539 g/mol. The van der Waals surface area contributed by atoms with E-state index in [4.69, 9.17) is 21.7 Å². The molecule has 36 heavy (non-hydrogen) atoms. The van der Waals surface area contributed by atoms with Crippen molar-refractivity contribution in [2.45, 2.75) is 31.9 Å². The Morgan fingerprint density at radius 2 is 1.83 bits per heavy atom. The van der Waals surface area contributed by atoms with E-state index in [1.165, 1.54) is 35.9 Å². The summed E-state index contributed by atoms with van der Waals surface area (Å²) in [4.78, 5) is 27.0. The molecule has 1 aliphatic rings. The fourth-order valence-corrected chi connectivity index (χ4v) is 4.82. The first-order chi connectivity index (χ1) is 17.1. The first-order valence-electron chi connectivity index (χ1n) is 11.1. The number of methoxy groups -OCH3 is 2. The lowest BCUT2D eigenvalue weighted by Crippen LogP contribution is -2.29. The monoisotopic (exact) mass is 538 g/mol. The lowest BCUT2D eigenvalue weighted by Gasteiger charge is -2.14. The van der Waals surface area contributed by atoms with Crippen molar-refractivity contribution in [3.05, 3.63) is 58.5 Å². The minimum Gasteiger partial charge on any atom is -0.493 e. The number of benzene rings is 2. The molecule has 0 atom stereocenters. The Morgan fingerprint density at radius 1 is 1.08 bits per heavy atom. The zero-order valence-corrected chi connectivity index (χ0v) is 21.3. The van der Waals surface area contributed by atoms with Crippen molar-refractivity contribution in [2.24, 2.45) is 0 Å². The molecule has 1 heterocycles. The number of rotatable bonds is 10. The van der Waals surface area contributed by atoms with Gasteiger partial charge in [-0.05, 0) is 54.8 Å². The van der Waals surface area contributed by atoms with Crippen LogP contribution in [0.25, 0.3) is 6.08 Å². The highest BCUT2D eigenvalue weighted by Crippen LogP contribution is 2.35. The lowest BCUT2D eigenvalue weighted by molar-refractivity contribution is -0.137. The summed E-state index contributed by atoms with van der Waals surface area (Å²) in [7, 11) is 3.08. The Hall–Kier alpha value is -3.05. The molecule has 2 aromatic carbocycles. The van der Waals surface area contributed by atoms with E-state index in [-0.39, 0.29) is 23.9 Å². The SMILES string of the molecule is COc1ccc(C=C2SC(=S)N(CCCCCC(=O)Nc3cccc(C(F)(F)F)c3)C2=O)cc1OC. The molecule has 1 N–H and O–H groups in total. The molecule has 3 rings (SSSR count). The molecule has 192 valence electrons. The van der Waals surface area contributed by atoms with E-state index in [1.54, 1.807) is 25.3 Å². The minimum absolute atomic E-state index is 0.105. The number of carbonyl (C=O) groups is 2. The van der Waals surface area contributed by atoms with E-state index in [9.17, 15) is 22.8 Å². The van der Waals surface area contributed by atoms with Gasteiger partial charge >= 0.3 is 6.18 Å². The highest BCUT2D eigenvalue weighted by Gasteiger charge is 2.32. The quantitative estimate of drug-likeness (QED) is 0.223. The summed E-state index contributed by atoms with van der Waals surface area (Å²) in [6, 6.07) is 9.87. The van der Waals surface area contributed by atoms with Gasteiger partial charge in [0.15, 0.2) is 11.5 Å². The fourth-order valence-electron chi connectivity index (χ4n) is 3.52. The molecule has 0 saturated carbocycles. The maximum atomic E-state index is 12.8. The number of thioether (sulfide) groups is 1. The Labute approximate surface area is 216 Å². The van der Waals surface area contributed by atoms with Gasteiger partial charge in [-0.2, -0.15) is 13.2 Å². The number of nitrogens with zero attached hydrogens (tertiary/aromatic N) is 1. The number of ether oxygens (including phenoxy) is 2. The number of hydrogen-bond acceptors (Lipinski definition) is 6. The minimum atomic E-state index is -4.47. The summed E-state index contributed by atoms with van der Waals surface area (Å²) in [5.74, 6) is 0.601. The van der Waals surface area contributed by atoms with Crippen LogP contribution in [0, 0.1) is 0 Å². The van der Waals surface area contributed by atoms with Crippen LogP contribution in [-0.2, 0) is 15.8 Å². The van der Waals surface area contributed by atoms with E-state index in [2.05, 4.69) is 5.32 Å².